The minimum absolute atomic E-state index is 0. The number of amides is 6. The summed E-state index contributed by atoms with van der Waals surface area (Å²) >= 11 is 8.85. The van der Waals surface area contributed by atoms with Crippen LogP contribution in [0.25, 0.3) is 0 Å². The summed E-state index contributed by atoms with van der Waals surface area (Å²) in [6.45, 7) is 19.2. The first-order chi connectivity index (χ1) is 58.8. The number of anilines is 6. The Morgan fingerprint density at radius 3 is 1.04 bits per heavy atom. The van der Waals surface area contributed by atoms with Crippen LogP contribution >= 0.6 is 125 Å². The second-order valence-electron chi connectivity index (χ2n) is 28.8. The smallest absolute Gasteiger partial charge is 0.353 e. The Hall–Kier alpha value is -9.30. The Kier molecular flexibility index (Phi) is 49.9. The number of ether oxygens (including phenoxy) is 1. The molecule has 695 valence electrons. The Morgan fingerprint density at radius 2 is 0.720 bits per heavy atom. The molecule has 10 aromatic rings. The number of benzene rings is 10. The van der Waals surface area contributed by atoms with Gasteiger partial charge in [-0.1, -0.05) is 165 Å². The second-order valence-corrected chi connectivity index (χ2v) is 43.9. The molecule has 0 atom stereocenters. The zero-order valence-corrected chi connectivity index (χ0v) is 88.9. The number of carbonyl (C=O) groups excluding carboxylic acids is 12. The van der Waals surface area contributed by atoms with Gasteiger partial charge in [-0.3, -0.25) is 82.6 Å². The number of hydrogen-bond donors (Lipinski definition) is 4. The number of carbonyl (C=O) groups is 13. The number of nitrogens with two attached hydrogens (primary N) is 2. The standard InChI is InChI=1S/C26H24N2O5S.C16H10N2O5.C16H12N2O3.C10H13ClO2S.C8H3NO5.C8H9NO.C2H4O2.CHI3.CH2I.CH4.CH3.HI.3V/c1-16(29)17-8-12-19(13-9-17)28-24(30)21-6-5-7-22(23(21)25(28)31)27-34(32,33)20-14-10-18(11-15-20)26(2,3)4;1-9(19)10-5-7-11(8-6-10)17-15(20)12-3-2-4-13(18(22)23)14(12)16(17)21;1-9(19)10-5-7-11(8-6-10)18-15(20)12-3-2-4-13(17)14(12)16(18)21;1-10(2,3)8-4-6-9(7-5-8)14(11,12)13;10-7-4-2-1-3-5(9(12)13)6(4)8(11)14-7;1-6(10)7-2-4-8(9)5-3-7;1-2(3)4;2-1(3)4;1-2;;;;;;/h5-15,27H,1-4H3;2-8H,1H3;2-8H,17H2,1H3;4-7H,1-3H3;1-3H;2-5H,9H2,1H3;1H3,(H,3,4);1H;1H2;1H4;1H3;1H;;;/q;;;;;;;;-1;;-1;;;;. The van der Waals surface area contributed by atoms with E-state index in [0.29, 0.717) is 44.9 Å². The monoisotopic (exact) mass is 2530 g/mol. The van der Waals surface area contributed by atoms with Crippen LogP contribution in [0.15, 0.2) is 228 Å². The van der Waals surface area contributed by atoms with Crippen molar-refractivity contribution >= 4 is 266 Å². The van der Waals surface area contributed by atoms with Gasteiger partial charge in [0.1, 0.15) is 5.50 Å². The molecule has 0 bridgehead atoms. The van der Waals surface area contributed by atoms with E-state index >= 15 is 0 Å². The first-order valence-corrected chi connectivity index (χ1v) is 45.6. The van der Waals surface area contributed by atoms with E-state index in [-0.39, 0.29) is 194 Å². The maximum absolute atomic E-state index is 13.2. The molecule has 0 aromatic heterocycles. The molecule has 4 aliphatic rings. The van der Waals surface area contributed by atoms with Crippen LogP contribution in [0.1, 0.15) is 219 Å². The van der Waals surface area contributed by atoms with Gasteiger partial charge in [0.2, 0.25) is 0 Å². The molecule has 4 heterocycles. The number of cyclic esters (lactones) is 2. The predicted octanol–water partition coefficient (Wildman–Crippen LogP) is 20.5. The molecule has 0 unspecified atom stereocenters. The summed E-state index contributed by atoms with van der Waals surface area (Å²) in [5, 5.41) is 29.0. The van der Waals surface area contributed by atoms with Crippen molar-refractivity contribution in [2.45, 2.75) is 104 Å². The quantitative estimate of drug-likeness (QED) is 0.00712. The third-order valence-electron chi connectivity index (χ3n) is 18.0. The number of nitro benzene ring substituents is 2. The number of carboxylic acid groups (broad SMARTS) is 1. The minimum atomic E-state index is -4.00. The van der Waals surface area contributed by atoms with Gasteiger partial charge in [-0.15, -0.1) is 24.0 Å². The summed E-state index contributed by atoms with van der Waals surface area (Å²) in [5.74, 6) is -6.34. The van der Waals surface area contributed by atoms with Crippen molar-refractivity contribution in [2.75, 3.05) is 30.9 Å². The number of imide groups is 3. The molecule has 0 spiro atoms. The van der Waals surface area contributed by atoms with E-state index in [1.54, 1.807) is 91.0 Å². The number of hydrogen-bond acceptors (Lipinski definition) is 24. The van der Waals surface area contributed by atoms with Crippen LogP contribution in [0, 0.1) is 32.6 Å². The topological polar surface area (TPSA) is 480 Å². The van der Waals surface area contributed by atoms with E-state index < -0.39 is 93.6 Å². The summed E-state index contributed by atoms with van der Waals surface area (Å²) in [5.41, 5.74) is 16.5. The van der Waals surface area contributed by atoms with Crippen molar-refractivity contribution in [2.24, 2.45) is 0 Å². The van der Waals surface area contributed by atoms with Gasteiger partial charge < -0.3 is 51.3 Å². The van der Waals surface area contributed by atoms with Crippen LogP contribution in [-0.4, -0.2) is 108 Å². The third-order valence-corrected chi connectivity index (χ3v) is 20.7. The van der Waals surface area contributed by atoms with Gasteiger partial charge in [-0.05, 0) is 207 Å². The van der Waals surface area contributed by atoms with Crippen LogP contribution in [0.5, 0.6) is 0 Å². The third kappa shape index (κ3) is 32.2. The maximum atomic E-state index is 13.2. The van der Waals surface area contributed by atoms with Gasteiger partial charge >= 0.3 is 11.9 Å². The number of nitrogens with zero attached hydrogens (tertiary/aromatic N) is 5. The number of nitro groups is 2. The number of esters is 2. The molecule has 0 fully saturated rings. The molecular weight excluding hydrogens is 2450 g/mol. The van der Waals surface area contributed by atoms with E-state index in [1.807, 2.05) is 43.4 Å². The van der Waals surface area contributed by atoms with Crippen molar-refractivity contribution in [3.63, 3.8) is 0 Å². The molecule has 0 saturated heterocycles. The number of aliphatic carboxylic acids is 1. The molecule has 132 heavy (non-hydrogen) atoms. The first-order valence-electron chi connectivity index (χ1n) is 36.6. The number of halogens is 6. The van der Waals surface area contributed by atoms with Gasteiger partial charge in [0, 0.05) is 119 Å². The molecule has 10 aromatic carbocycles. The van der Waals surface area contributed by atoms with Gasteiger partial charge in [-0.2, -0.15) is 0 Å². The summed E-state index contributed by atoms with van der Waals surface area (Å²) in [6, 6.07) is 55.4. The van der Waals surface area contributed by atoms with Gasteiger partial charge in [0.15, 0.2) is 28.7 Å². The summed E-state index contributed by atoms with van der Waals surface area (Å²) in [6.07, 6.45) is 0. The number of nitrogen functional groups attached to an aromatic ring is 2. The molecule has 42 heteroatoms. The number of nitrogens with one attached hydrogen (secondary N) is 1. The van der Waals surface area contributed by atoms with Crippen LogP contribution in [0.4, 0.5) is 45.5 Å². The minimum Gasteiger partial charge on any atom is -0.481 e. The van der Waals surface area contributed by atoms with Crippen molar-refractivity contribution in [3.05, 3.63) is 329 Å². The summed E-state index contributed by atoms with van der Waals surface area (Å²) in [4.78, 5) is 178. The van der Waals surface area contributed by atoms with Gasteiger partial charge in [0.25, 0.3) is 71.9 Å². The summed E-state index contributed by atoms with van der Waals surface area (Å²) in [7, 11) is -2.40. The molecule has 0 aliphatic carbocycles. The Labute approximate surface area is 874 Å². The fourth-order valence-corrected chi connectivity index (χ4v) is 13.6. The second kappa shape index (κ2) is 53.7. The number of sulfonamides is 1. The Balaban J connectivity index is 0.00000157. The zero-order valence-electron chi connectivity index (χ0n) is 71.3. The first kappa shape index (κ1) is 123. The van der Waals surface area contributed by atoms with Gasteiger partial charge in [0.05, 0.1) is 75.8 Å². The Bertz CT molecular complexity index is 6210. The molecule has 31 nitrogen and oxygen atoms in total. The average Bonchev–Trinajstić information content (AvgIpc) is 1.58. The van der Waals surface area contributed by atoms with Gasteiger partial charge in [-0.25, -0.2) is 41.1 Å². The largest absolute Gasteiger partial charge is 0.481 e. The normalized spacial score (nSPS) is 12.0. The van der Waals surface area contributed by atoms with E-state index in [9.17, 15) is 94.6 Å². The molecule has 4 aliphatic heterocycles. The number of fused-ring (bicyclic) bond motifs is 4. The van der Waals surface area contributed by atoms with Crippen LogP contribution < -0.4 is 30.9 Å². The van der Waals surface area contributed by atoms with Crippen molar-refractivity contribution in [1.29, 1.82) is 0 Å². The molecule has 6 N–H and O–H groups in total. The maximum Gasteiger partial charge on any atom is 0.353 e. The summed E-state index contributed by atoms with van der Waals surface area (Å²) < 4.78 is 55.5. The SMILES string of the molecule is C.CC(=O)O.CC(=O)c1ccc(N)cc1.CC(=O)c1ccc(N2C(=O)c3cccc(N)c3C2=O)cc1.CC(=O)c1ccc(N2C(=O)c3cccc(NS(=O)(=O)c4ccc(C(C)(C)C)cc4)c3C2=O)cc1.CC(=O)c1ccc(N2C(=O)c3cccc([N+](=O)[O-])c3C2=O)cc1.CC(C)(C)c1ccc(S(=O)(=O)Cl)cc1.I.IC(I)I.O=C1OC(=O)c2c1cccc2[N+](=O)[O-].[CH2-]I.[CH3-].[V].[V].[V]. The number of rotatable bonds is 13. The number of Topliss-reactive ketones (excluding diaryl/α,β-unsaturated/α-hetero) is 4. The van der Waals surface area contributed by atoms with Crippen molar-refractivity contribution in [3.8, 4) is 0 Å². The molecular formula is C90H86ClI5N8O23S2V3-2. The fourth-order valence-electron chi connectivity index (χ4n) is 11.8. The van der Waals surface area contributed by atoms with Crippen LogP contribution in [0.2, 0.25) is 0 Å². The average molecular weight is 2530 g/mol. The van der Waals surface area contributed by atoms with Crippen molar-refractivity contribution < 1.29 is 155 Å². The van der Waals surface area contributed by atoms with E-state index in [1.165, 1.54) is 149 Å². The number of ketones is 4. The predicted molar refractivity (Wildman–Crippen MR) is 538 cm³/mol. The fraction of sp³-hybridized carbons (Fsp3) is 0.167. The molecule has 0 saturated carbocycles. The molecule has 3 radical (unpaired) electrons. The number of alkyl halides is 3. The zero-order chi connectivity index (χ0) is 94.7. The van der Waals surface area contributed by atoms with E-state index in [0.717, 1.165) is 38.8 Å². The van der Waals surface area contributed by atoms with Crippen LogP contribution in [-0.2, 0) is 95.1 Å². The van der Waals surface area contributed by atoms with E-state index in [4.69, 9.17) is 32.1 Å². The van der Waals surface area contributed by atoms with Crippen molar-refractivity contribution in [1.82, 2.24) is 0 Å². The molecule has 14 rings (SSSR count). The molecule has 6 amide bonds. The van der Waals surface area contributed by atoms with Crippen LogP contribution in [0.3, 0.4) is 0 Å². The number of carboxylic acids is 1. The Morgan fingerprint density at radius 1 is 0.439 bits per heavy atom. The van der Waals surface area contributed by atoms with E-state index in [2.05, 4.69) is 103 Å².